The topological polar surface area (TPSA) is 90.1 Å². The van der Waals surface area contributed by atoms with Gasteiger partial charge in [-0.25, -0.2) is 4.98 Å². The van der Waals surface area contributed by atoms with Crippen LogP contribution in [0.5, 0.6) is 5.88 Å². The van der Waals surface area contributed by atoms with Crippen molar-refractivity contribution in [1.82, 2.24) is 20.4 Å². The molecule has 1 N–H and O–H groups in total. The number of carbonyl (C=O) groups excluding carboxylic acids is 1. The lowest BCUT2D eigenvalue weighted by atomic mass is 9.98. The van der Waals surface area contributed by atoms with Gasteiger partial charge < -0.3 is 14.6 Å². The quantitative estimate of drug-likeness (QED) is 0.652. The molecule has 1 atom stereocenters. The van der Waals surface area contributed by atoms with Gasteiger partial charge in [-0.05, 0) is 39.5 Å². The van der Waals surface area contributed by atoms with Gasteiger partial charge in [0.1, 0.15) is 5.76 Å². The zero-order valence-corrected chi connectivity index (χ0v) is 17.6. The molecule has 0 aliphatic heterocycles. The highest BCUT2D eigenvalue weighted by atomic mass is 16.5. The first kappa shape index (κ1) is 20.1. The van der Waals surface area contributed by atoms with E-state index in [9.17, 15) is 4.79 Å². The van der Waals surface area contributed by atoms with E-state index in [0.29, 0.717) is 18.2 Å². The predicted molar refractivity (Wildman–Crippen MR) is 112 cm³/mol. The van der Waals surface area contributed by atoms with Crippen molar-refractivity contribution in [1.29, 1.82) is 0 Å². The van der Waals surface area contributed by atoms with Crippen LogP contribution in [0.15, 0.2) is 34.9 Å². The Kier molecular flexibility index (Phi) is 5.79. The zero-order valence-electron chi connectivity index (χ0n) is 17.6. The minimum atomic E-state index is -0.0791. The number of nitrogens with zero attached hydrogens (tertiary/aromatic N) is 3. The average molecular weight is 406 g/mol. The van der Waals surface area contributed by atoms with Crippen LogP contribution < -0.4 is 10.1 Å². The molecule has 7 heteroatoms. The van der Waals surface area contributed by atoms with Crippen LogP contribution in [-0.4, -0.2) is 28.1 Å². The summed E-state index contributed by atoms with van der Waals surface area (Å²) in [5, 5.41) is 7.00. The van der Waals surface area contributed by atoms with Crippen molar-refractivity contribution in [3.05, 3.63) is 58.6 Å². The van der Waals surface area contributed by atoms with Crippen LogP contribution in [0.2, 0.25) is 0 Å². The molecular weight excluding hydrogens is 380 g/mol. The van der Waals surface area contributed by atoms with E-state index >= 15 is 0 Å². The smallest absolute Gasteiger partial charge is 0.223 e. The third kappa shape index (κ3) is 4.06. The molecule has 2 aromatic heterocycles. The fourth-order valence-electron chi connectivity index (χ4n) is 3.96. The Balaban J connectivity index is 1.49. The molecule has 1 aromatic carbocycles. The Hall–Kier alpha value is -3.22. The number of amides is 1. The van der Waals surface area contributed by atoms with Gasteiger partial charge in [0, 0.05) is 29.2 Å². The second-order valence-electron chi connectivity index (χ2n) is 7.64. The highest BCUT2D eigenvalue weighted by Crippen LogP contribution is 2.31. The highest BCUT2D eigenvalue weighted by Gasteiger charge is 2.26. The number of rotatable bonds is 5. The van der Waals surface area contributed by atoms with E-state index < -0.39 is 0 Å². The molecule has 0 spiro atoms. The van der Waals surface area contributed by atoms with Gasteiger partial charge in [-0.3, -0.25) is 4.79 Å². The number of aryl methyl sites for hydroxylation is 3. The van der Waals surface area contributed by atoms with Crippen molar-refractivity contribution >= 4 is 5.91 Å². The van der Waals surface area contributed by atoms with Gasteiger partial charge in [-0.1, -0.05) is 35.5 Å². The molecular formula is C23H26N4O3. The number of methoxy groups -OCH3 is 1. The molecule has 2 heterocycles. The molecule has 156 valence electrons. The summed E-state index contributed by atoms with van der Waals surface area (Å²) in [5.74, 6) is 1.99. The molecule has 1 amide bonds. The Morgan fingerprint density at radius 3 is 2.63 bits per heavy atom. The maximum atomic E-state index is 12.8. The highest BCUT2D eigenvalue weighted by molar-refractivity contribution is 5.78. The van der Waals surface area contributed by atoms with E-state index in [4.69, 9.17) is 14.2 Å². The number of hydrogen-bond donors (Lipinski definition) is 1. The summed E-state index contributed by atoms with van der Waals surface area (Å²) in [4.78, 5) is 22.3. The summed E-state index contributed by atoms with van der Waals surface area (Å²) in [6, 6.07) is 9.88. The summed E-state index contributed by atoms with van der Waals surface area (Å²) in [6.45, 7) is 4.18. The molecule has 0 bridgehead atoms. The Bertz CT molecular complexity index is 1030. The zero-order chi connectivity index (χ0) is 21.1. The van der Waals surface area contributed by atoms with Crippen LogP contribution in [-0.2, 0) is 24.2 Å². The van der Waals surface area contributed by atoms with Crippen LogP contribution >= 0.6 is 0 Å². The molecule has 7 nitrogen and oxygen atoms in total. The Labute approximate surface area is 175 Å². The SMILES string of the molecule is COc1nc(-c2ccccc2)nc2c1CCC(C(=O)NCc1c(C)noc1C)CC2. The van der Waals surface area contributed by atoms with E-state index in [2.05, 4.69) is 15.5 Å². The first-order valence-electron chi connectivity index (χ1n) is 10.3. The van der Waals surface area contributed by atoms with Crippen molar-refractivity contribution < 1.29 is 14.1 Å². The third-order valence-corrected chi connectivity index (χ3v) is 5.74. The largest absolute Gasteiger partial charge is 0.481 e. The summed E-state index contributed by atoms with van der Waals surface area (Å²) >= 11 is 0. The van der Waals surface area contributed by atoms with Gasteiger partial charge in [0.2, 0.25) is 11.8 Å². The van der Waals surface area contributed by atoms with Crippen molar-refractivity contribution in [3.63, 3.8) is 0 Å². The van der Waals surface area contributed by atoms with Crippen molar-refractivity contribution in [3.8, 4) is 17.3 Å². The minimum absolute atomic E-state index is 0.0537. The standard InChI is InChI=1S/C23H26N4O3/c1-14-19(15(2)30-27-14)13-24-22(28)17-9-11-18-20(12-10-17)25-21(26-23(18)29-3)16-7-5-4-6-8-16/h4-8,17H,9-13H2,1-3H3,(H,24,28). The molecule has 1 aliphatic carbocycles. The molecule has 0 fully saturated rings. The fourth-order valence-corrected chi connectivity index (χ4v) is 3.96. The summed E-state index contributed by atoms with van der Waals surface area (Å²) < 4.78 is 10.8. The van der Waals surface area contributed by atoms with Crippen molar-refractivity contribution in [2.24, 2.45) is 5.92 Å². The number of carbonyl (C=O) groups is 1. The molecule has 0 saturated carbocycles. The molecule has 1 unspecified atom stereocenters. The number of fused-ring (bicyclic) bond motifs is 1. The van der Waals surface area contributed by atoms with Gasteiger partial charge in [0.25, 0.3) is 0 Å². The normalized spacial score (nSPS) is 15.9. The van der Waals surface area contributed by atoms with Gasteiger partial charge >= 0.3 is 0 Å². The van der Waals surface area contributed by atoms with Gasteiger partial charge in [-0.2, -0.15) is 4.98 Å². The second kappa shape index (κ2) is 8.65. The van der Waals surface area contributed by atoms with Crippen LogP contribution in [0.3, 0.4) is 0 Å². The second-order valence-corrected chi connectivity index (χ2v) is 7.64. The molecule has 0 saturated heterocycles. The van der Waals surface area contributed by atoms with Crippen LogP contribution in [0.25, 0.3) is 11.4 Å². The lowest BCUT2D eigenvalue weighted by molar-refractivity contribution is -0.125. The van der Waals surface area contributed by atoms with Crippen LogP contribution in [0.1, 0.15) is 41.1 Å². The maximum Gasteiger partial charge on any atom is 0.223 e. The van der Waals surface area contributed by atoms with E-state index in [1.165, 1.54) is 0 Å². The molecule has 3 aromatic rings. The van der Waals surface area contributed by atoms with Crippen molar-refractivity contribution in [2.75, 3.05) is 7.11 Å². The number of hydrogen-bond acceptors (Lipinski definition) is 6. The molecule has 4 rings (SSSR count). The van der Waals surface area contributed by atoms with E-state index in [-0.39, 0.29) is 11.8 Å². The van der Waals surface area contributed by atoms with E-state index in [1.807, 2.05) is 44.2 Å². The Morgan fingerprint density at radius 1 is 1.17 bits per heavy atom. The molecule has 0 radical (unpaired) electrons. The van der Waals surface area contributed by atoms with E-state index in [0.717, 1.165) is 59.5 Å². The lowest BCUT2D eigenvalue weighted by Crippen LogP contribution is -2.30. The van der Waals surface area contributed by atoms with Crippen LogP contribution in [0, 0.1) is 19.8 Å². The van der Waals surface area contributed by atoms with E-state index in [1.54, 1.807) is 7.11 Å². The summed E-state index contributed by atoms with van der Waals surface area (Å²) in [6.07, 6.45) is 2.92. The van der Waals surface area contributed by atoms with Crippen LogP contribution in [0.4, 0.5) is 0 Å². The first-order valence-corrected chi connectivity index (χ1v) is 10.3. The number of nitrogens with one attached hydrogen (secondary N) is 1. The Morgan fingerprint density at radius 2 is 1.93 bits per heavy atom. The number of ether oxygens (including phenoxy) is 1. The molecule has 1 aliphatic rings. The predicted octanol–water partition coefficient (Wildman–Crippen LogP) is 3.57. The summed E-state index contributed by atoms with van der Waals surface area (Å²) in [7, 11) is 1.64. The molecule has 30 heavy (non-hydrogen) atoms. The minimum Gasteiger partial charge on any atom is -0.481 e. The number of aromatic nitrogens is 3. The monoisotopic (exact) mass is 406 g/mol. The average Bonchev–Trinajstić information content (AvgIpc) is 2.96. The first-order chi connectivity index (χ1) is 14.6. The lowest BCUT2D eigenvalue weighted by Gasteiger charge is -2.14. The fraction of sp³-hybridized carbons (Fsp3) is 0.391. The van der Waals surface area contributed by atoms with Gasteiger partial charge in [-0.15, -0.1) is 0 Å². The maximum absolute atomic E-state index is 12.8. The summed E-state index contributed by atoms with van der Waals surface area (Å²) in [5.41, 5.74) is 4.70. The van der Waals surface area contributed by atoms with Crippen molar-refractivity contribution in [2.45, 2.75) is 46.1 Å². The number of benzene rings is 1. The third-order valence-electron chi connectivity index (χ3n) is 5.74. The van der Waals surface area contributed by atoms with Gasteiger partial charge in [0.05, 0.1) is 18.5 Å². The van der Waals surface area contributed by atoms with Gasteiger partial charge in [0.15, 0.2) is 5.82 Å².